The average Bonchev–Trinajstić information content (AvgIpc) is 2.65. The molecule has 10 heteroatoms. The van der Waals surface area contributed by atoms with Crippen molar-refractivity contribution in [3.63, 3.8) is 0 Å². The number of nitrogens with one attached hydrogen (secondary N) is 2. The molecule has 144 valence electrons. The Hall–Kier alpha value is -3.40. The molecule has 0 aliphatic carbocycles. The number of carbonyl (C=O) groups is 1. The SMILES string of the molecule is CS(=O)(=O)Nc1cc(CNC(=O)c2cnc(-c3cccc(F)c3)nc2)ccn1. The number of hydrogen-bond acceptors (Lipinski definition) is 6. The molecule has 0 saturated heterocycles. The van der Waals surface area contributed by atoms with Gasteiger partial charge >= 0.3 is 0 Å². The molecule has 28 heavy (non-hydrogen) atoms. The number of aromatic nitrogens is 3. The van der Waals surface area contributed by atoms with Gasteiger partial charge in [-0.15, -0.1) is 0 Å². The standard InChI is InChI=1S/C18H16FN5O3S/c1-28(26,27)24-16-7-12(5-6-20-16)9-23-18(25)14-10-21-17(22-11-14)13-3-2-4-15(19)8-13/h2-8,10-11H,9H2,1H3,(H,20,24)(H,23,25). The van der Waals surface area contributed by atoms with Crippen LogP contribution in [0.2, 0.25) is 0 Å². The predicted octanol–water partition coefficient (Wildman–Crippen LogP) is 1.98. The monoisotopic (exact) mass is 401 g/mol. The summed E-state index contributed by atoms with van der Waals surface area (Å²) in [5, 5.41) is 2.69. The highest BCUT2D eigenvalue weighted by molar-refractivity contribution is 7.92. The van der Waals surface area contributed by atoms with Crippen LogP contribution in [-0.2, 0) is 16.6 Å². The highest BCUT2D eigenvalue weighted by atomic mass is 32.2. The van der Waals surface area contributed by atoms with Gasteiger partial charge in [0, 0.05) is 30.7 Å². The molecule has 0 unspecified atom stereocenters. The van der Waals surface area contributed by atoms with E-state index in [4.69, 9.17) is 0 Å². The summed E-state index contributed by atoms with van der Waals surface area (Å²) < 4.78 is 38.1. The van der Waals surface area contributed by atoms with Crippen molar-refractivity contribution in [2.75, 3.05) is 11.0 Å². The third kappa shape index (κ3) is 5.30. The zero-order chi connectivity index (χ0) is 20.1. The molecule has 2 heterocycles. The van der Waals surface area contributed by atoms with Crippen molar-refractivity contribution in [3.8, 4) is 11.4 Å². The van der Waals surface area contributed by atoms with Gasteiger partial charge in [-0.3, -0.25) is 9.52 Å². The lowest BCUT2D eigenvalue weighted by Crippen LogP contribution is -2.23. The van der Waals surface area contributed by atoms with Crippen LogP contribution in [0.4, 0.5) is 10.2 Å². The lowest BCUT2D eigenvalue weighted by atomic mass is 10.2. The van der Waals surface area contributed by atoms with Crippen LogP contribution < -0.4 is 10.0 Å². The molecule has 0 atom stereocenters. The largest absolute Gasteiger partial charge is 0.348 e. The van der Waals surface area contributed by atoms with E-state index in [0.29, 0.717) is 17.0 Å². The van der Waals surface area contributed by atoms with Gasteiger partial charge in [-0.05, 0) is 29.8 Å². The second-order valence-electron chi connectivity index (χ2n) is 5.91. The number of hydrogen-bond donors (Lipinski definition) is 2. The van der Waals surface area contributed by atoms with E-state index in [1.807, 2.05) is 0 Å². The fourth-order valence-corrected chi connectivity index (χ4v) is 2.83. The van der Waals surface area contributed by atoms with Gasteiger partial charge in [0.25, 0.3) is 5.91 Å². The van der Waals surface area contributed by atoms with Gasteiger partial charge in [0.2, 0.25) is 10.0 Å². The molecule has 0 spiro atoms. The molecule has 2 N–H and O–H groups in total. The number of rotatable bonds is 6. The first-order chi connectivity index (χ1) is 13.3. The van der Waals surface area contributed by atoms with Crippen molar-refractivity contribution >= 4 is 21.7 Å². The Morgan fingerprint density at radius 3 is 2.54 bits per heavy atom. The van der Waals surface area contributed by atoms with Gasteiger partial charge in [-0.25, -0.2) is 27.8 Å². The molecule has 0 aliphatic rings. The molecule has 0 aliphatic heterocycles. The first-order valence-electron chi connectivity index (χ1n) is 8.09. The molecule has 1 aromatic carbocycles. The Kier molecular flexibility index (Phi) is 5.59. The average molecular weight is 401 g/mol. The number of sulfonamides is 1. The van der Waals surface area contributed by atoms with Gasteiger partial charge < -0.3 is 5.32 Å². The van der Waals surface area contributed by atoms with Crippen molar-refractivity contribution < 1.29 is 17.6 Å². The molecule has 1 amide bonds. The number of anilines is 1. The second kappa shape index (κ2) is 8.09. The van der Waals surface area contributed by atoms with E-state index in [1.165, 1.54) is 36.8 Å². The maximum Gasteiger partial charge on any atom is 0.254 e. The fraction of sp³-hybridized carbons (Fsp3) is 0.111. The maximum absolute atomic E-state index is 13.3. The molecule has 0 bridgehead atoms. The highest BCUT2D eigenvalue weighted by Gasteiger charge is 2.09. The summed E-state index contributed by atoms with van der Waals surface area (Å²) in [4.78, 5) is 24.4. The van der Waals surface area contributed by atoms with Crippen molar-refractivity contribution in [3.05, 3.63) is 71.9 Å². The van der Waals surface area contributed by atoms with Gasteiger partial charge in [0.05, 0.1) is 11.8 Å². The van der Waals surface area contributed by atoms with Crippen LogP contribution in [0, 0.1) is 5.82 Å². The Morgan fingerprint density at radius 2 is 1.86 bits per heavy atom. The lowest BCUT2D eigenvalue weighted by Gasteiger charge is -2.08. The number of amides is 1. The van der Waals surface area contributed by atoms with Crippen LogP contribution in [0.25, 0.3) is 11.4 Å². The number of benzene rings is 1. The highest BCUT2D eigenvalue weighted by Crippen LogP contribution is 2.15. The number of halogens is 1. The van der Waals surface area contributed by atoms with Crippen molar-refractivity contribution in [2.45, 2.75) is 6.54 Å². The maximum atomic E-state index is 13.3. The van der Waals surface area contributed by atoms with E-state index in [0.717, 1.165) is 6.26 Å². The van der Waals surface area contributed by atoms with Crippen LogP contribution in [0.1, 0.15) is 15.9 Å². The number of pyridine rings is 1. The Bertz CT molecular complexity index is 1100. The zero-order valence-electron chi connectivity index (χ0n) is 14.8. The van der Waals surface area contributed by atoms with Crippen molar-refractivity contribution in [2.24, 2.45) is 0 Å². The lowest BCUT2D eigenvalue weighted by molar-refractivity contribution is 0.0950. The van der Waals surface area contributed by atoms with Crippen LogP contribution >= 0.6 is 0 Å². The third-order valence-corrected chi connectivity index (χ3v) is 4.14. The summed E-state index contributed by atoms with van der Waals surface area (Å²) in [7, 11) is -3.44. The van der Waals surface area contributed by atoms with Gasteiger partial charge in [0.15, 0.2) is 5.82 Å². The first-order valence-corrected chi connectivity index (χ1v) is 9.98. The van der Waals surface area contributed by atoms with E-state index in [2.05, 4.69) is 25.0 Å². The third-order valence-electron chi connectivity index (χ3n) is 3.56. The molecule has 8 nitrogen and oxygen atoms in total. The molecule has 3 rings (SSSR count). The Balaban J connectivity index is 1.65. The molecular formula is C18H16FN5O3S. The summed E-state index contributed by atoms with van der Waals surface area (Å²) in [5.74, 6) is -0.330. The van der Waals surface area contributed by atoms with Crippen LogP contribution in [0.3, 0.4) is 0 Å². The van der Waals surface area contributed by atoms with Crippen LogP contribution in [-0.4, -0.2) is 35.5 Å². The fourth-order valence-electron chi connectivity index (χ4n) is 2.34. The summed E-state index contributed by atoms with van der Waals surface area (Å²) in [5.41, 5.74) is 1.41. The minimum Gasteiger partial charge on any atom is -0.348 e. The molecule has 3 aromatic rings. The van der Waals surface area contributed by atoms with E-state index in [9.17, 15) is 17.6 Å². The first kappa shape index (κ1) is 19.4. The Morgan fingerprint density at radius 1 is 1.11 bits per heavy atom. The quantitative estimate of drug-likeness (QED) is 0.653. The van der Waals surface area contributed by atoms with Crippen LogP contribution in [0.5, 0.6) is 0 Å². The smallest absolute Gasteiger partial charge is 0.254 e. The zero-order valence-corrected chi connectivity index (χ0v) is 15.6. The van der Waals surface area contributed by atoms with Gasteiger partial charge in [-0.1, -0.05) is 12.1 Å². The molecule has 0 saturated carbocycles. The van der Waals surface area contributed by atoms with Gasteiger partial charge in [-0.2, -0.15) is 0 Å². The summed E-state index contributed by atoms with van der Waals surface area (Å²) in [6, 6.07) is 9.02. The molecule has 0 fully saturated rings. The molecular weight excluding hydrogens is 385 g/mol. The normalized spacial score (nSPS) is 11.1. The topological polar surface area (TPSA) is 114 Å². The van der Waals surface area contributed by atoms with E-state index >= 15 is 0 Å². The summed E-state index contributed by atoms with van der Waals surface area (Å²) >= 11 is 0. The number of nitrogens with zero attached hydrogens (tertiary/aromatic N) is 3. The minimum absolute atomic E-state index is 0.158. The molecule has 2 aromatic heterocycles. The second-order valence-corrected chi connectivity index (χ2v) is 7.66. The van der Waals surface area contributed by atoms with E-state index in [1.54, 1.807) is 18.2 Å². The predicted molar refractivity (Wildman–Crippen MR) is 101 cm³/mol. The van der Waals surface area contributed by atoms with E-state index < -0.39 is 21.7 Å². The van der Waals surface area contributed by atoms with Gasteiger partial charge in [0.1, 0.15) is 11.6 Å². The number of carbonyl (C=O) groups excluding carboxylic acids is 1. The minimum atomic E-state index is -3.44. The van der Waals surface area contributed by atoms with E-state index in [-0.39, 0.29) is 17.9 Å². The van der Waals surface area contributed by atoms with Crippen molar-refractivity contribution in [1.29, 1.82) is 0 Å². The summed E-state index contributed by atoms with van der Waals surface area (Å²) in [6.45, 7) is 0.158. The summed E-state index contributed by atoms with van der Waals surface area (Å²) in [6.07, 6.45) is 5.17. The Labute approximate surface area is 160 Å². The molecule has 0 radical (unpaired) electrons. The van der Waals surface area contributed by atoms with Crippen molar-refractivity contribution in [1.82, 2.24) is 20.3 Å². The van der Waals surface area contributed by atoms with Crippen LogP contribution in [0.15, 0.2) is 55.0 Å².